The van der Waals surface area contributed by atoms with Crippen molar-refractivity contribution in [1.82, 2.24) is 29.2 Å². The zero-order valence-corrected chi connectivity index (χ0v) is 27.9. The summed E-state index contributed by atoms with van der Waals surface area (Å²) in [6.45, 7) is 6.35. The molecule has 0 aromatic carbocycles. The van der Waals surface area contributed by atoms with Gasteiger partial charge in [0.05, 0.1) is 43.9 Å². The van der Waals surface area contributed by atoms with Gasteiger partial charge in [0.2, 0.25) is 0 Å². The maximum atomic E-state index is 13.7. The Kier molecular flexibility index (Phi) is 8.07. The van der Waals surface area contributed by atoms with Gasteiger partial charge in [-0.3, -0.25) is 14.5 Å². The maximum absolute atomic E-state index is 13.7. The summed E-state index contributed by atoms with van der Waals surface area (Å²) in [6.07, 6.45) is 11.1. The molecule has 0 spiro atoms. The summed E-state index contributed by atoms with van der Waals surface area (Å²) in [5.41, 5.74) is 3.91. The molecule has 2 saturated heterocycles. The average Bonchev–Trinajstić information content (AvgIpc) is 3.47. The van der Waals surface area contributed by atoms with Crippen molar-refractivity contribution in [3.63, 3.8) is 0 Å². The number of aryl methyl sites for hydroxylation is 3. The topological polar surface area (TPSA) is 131 Å². The zero-order valence-electron chi connectivity index (χ0n) is 27.1. The molecule has 0 amide bonds. The SMILES string of the molecule is C[C@@H]1CN(c2ccc(Nc3cc(-c4ccnc(-n5ncc6c7c(sc6c5=O)CCCC7)c4CO)cn(C)c3=O)nc2)CCN1C1COC1. The summed E-state index contributed by atoms with van der Waals surface area (Å²) in [7, 11) is 1.68. The highest BCUT2D eigenvalue weighted by atomic mass is 32.1. The lowest BCUT2D eigenvalue weighted by Crippen LogP contribution is -2.60. The molecule has 0 unspecified atom stereocenters. The highest BCUT2D eigenvalue weighted by molar-refractivity contribution is 7.19. The standard InChI is InChI=1S/C35H38N8O4S/c1-21-16-41(11-12-42(21)24-19-47-20-24)23-7-8-31(37-14-23)39-29-13-22(17-40(2)34(29)45)25-9-10-36-33(28(25)18-44)43-35(46)32-27(15-38-43)26-5-3-4-6-30(26)48-32/h7-10,13-15,17,21,24,44H,3-6,11-12,16,18-20H2,1-2H3,(H,37,39)/t21-/m1/s1. The first-order chi connectivity index (χ1) is 23.4. The molecule has 48 heavy (non-hydrogen) atoms. The summed E-state index contributed by atoms with van der Waals surface area (Å²) in [4.78, 5) is 42.3. The molecule has 8 rings (SSSR count). The van der Waals surface area contributed by atoms with Gasteiger partial charge in [0.1, 0.15) is 16.2 Å². The third kappa shape index (κ3) is 5.40. The first-order valence-electron chi connectivity index (χ1n) is 16.5. The van der Waals surface area contributed by atoms with Gasteiger partial charge in [0.25, 0.3) is 11.1 Å². The van der Waals surface area contributed by atoms with Gasteiger partial charge in [-0.2, -0.15) is 9.78 Å². The van der Waals surface area contributed by atoms with Crippen molar-refractivity contribution in [2.45, 2.75) is 51.3 Å². The molecule has 3 aliphatic rings. The van der Waals surface area contributed by atoms with E-state index in [-0.39, 0.29) is 23.5 Å². The van der Waals surface area contributed by atoms with Crippen molar-refractivity contribution in [1.29, 1.82) is 0 Å². The summed E-state index contributed by atoms with van der Waals surface area (Å²) >= 11 is 1.54. The number of rotatable bonds is 7. The minimum Gasteiger partial charge on any atom is -0.392 e. The molecule has 7 heterocycles. The molecule has 0 radical (unpaired) electrons. The fraction of sp³-hybridized carbons (Fsp3) is 0.400. The van der Waals surface area contributed by atoms with Crippen LogP contribution < -0.4 is 21.3 Å². The van der Waals surface area contributed by atoms with Crippen LogP contribution in [0.25, 0.3) is 27.0 Å². The van der Waals surface area contributed by atoms with Crippen LogP contribution >= 0.6 is 11.3 Å². The van der Waals surface area contributed by atoms with Crippen LogP contribution in [0.15, 0.2) is 58.6 Å². The van der Waals surface area contributed by atoms with Crippen molar-refractivity contribution < 1.29 is 9.84 Å². The number of thiophene rings is 1. The zero-order chi connectivity index (χ0) is 32.9. The monoisotopic (exact) mass is 666 g/mol. The number of piperazine rings is 1. The van der Waals surface area contributed by atoms with Crippen molar-refractivity contribution in [3.8, 4) is 16.9 Å². The Balaban J connectivity index is 1.07. The van der Waals surface area contributed by atoms with Gasteiger partial charge in [-0.25, -0.2) is 9.97 Å². The van der Waals surface area contributed by atoms with Gasteiger partial charge in [-0.15, -0.1) is 11.3 Å². The second kappa shape index (κ2) is 12.5. The van der Waals surface area contributed by atoms with Crippen LogP contribution in [0, 0.1) is 0 Å². The molecule has 2 fully saturated rings. The van der Waals surface area contributed by atoms with Gasteiger partial charge in [0, 0.05) is 66.5 Å². The normalized spacial score (nSPS) is 18.6. The van der Waals surface area contributed by atoms with Crippen LogP contribution in [-0.4, -0.2) is 79.3 Å². The molecule has 1 aliphatic carbocycles. The minimum atomic E-state index is -0.373. The molecule has 2 aliphatic heterocycles. The van der Waals surface area contributed by atoms with Gasteiger partial charge in [-0.05, 0) is 68.0 Å². The average molecular weight is 667 g/mol. The van der Waals surface area contributed by atoms with E-state index < -0.39 is 0 Å². The van der Waals surface area contributed by atoms with Crippen LogP contribution in [0.3, 0.4) is 0 Å². The van der Waals surface area contributed by atoms with E-state index in [1.54, 1.807) is 49.1 Å². The summed E-state index contributed by atoms with van der Waals surface area (Å²) in [6, 6.07) is 8.39. The minimum absolute atomic E-state index is 0.223. The van der Waals surface area contributed by atoms with E-state index in [0.29, 0.717) is 45.0 Å². The Morgan fingerprint density at radius 2 is 1.92 bits per heavy atom. The smallest absolute Gasteiger partial charge is 0.290 e. The lowest BCUT2D eigenvalue weighted by molar-refractivity contribution is -0.0792. The van der Waals surface area contributed by atoms with Gasteiger partial charge >= 0.3 is 0 Å². The third-order valence-electron chi connectivity index (χ3n) is 9.93. The quantitative estimate of drug-likeness (QED) is 0.266. The van der Waals surface area contributed by atoms with Crippen molar-refractivity contribution >= 4 is 38.6 Å². The first-order valence-corrected chi connectivity index (χ1v) is 17.4. The molecular weight excluding hydrogens is 629 g/mol. The number of fused-ring (bicyclic) bond motifs is 3. The molecule has 13 heteroatoms. The predicted molar refractivity (Wildman–Crippen MR) is 187 cm³/mol. The first kappa shape index (κ1) is 30.9. The number of anilines is 3. The van der Waals surface area contributed by atoms with E-state index in [1.165, 1.54) is 19.7 Å². The largest absolute Gasteiger partial charge is 0.392 e. The van der Waals surface area contributed by atoms with Crippen molar-refractivity contribution in [3.05, 3.63) is 85.8 Å². The van der Waals surface area contributed by atoms with Gasteiger partial charge in [-0.1, -0.05) is 0 Å². The number of aromatic nitrogens is 5. The second-order valence-electron chi connectivity index (χ2n) is 12.9. The summed E-state index contributed by atoms with van der Waals surface area (Å²) in [5.74, 6) is 0.817. The molecule has 12 nitrogen and oxygen atoms in total. The van der Waals surface area contributed by atoms with E-state index in [2.05, 4.69) is 37.1 Å². The molecule has 0 bridgehead atoms. The predicted octanol–water partition coefficient (Wildman–Crippen LogP) is 3.63. The van der Waals surface area contributed by atoms with Gasteiger partial charge < -0.3 is 24.6 Å². The summed E-state index contributed by atoms with van der Waals surface area (Å²) < 4.78 is 8.85. The number of hydrogen-bond acceptors (Lipinski definition) is 11. The summed E-state index contributed by atoms with van der Waals surface area (Å²) in [5, 5.41) is 19.3. The number of hydrogen-bond donors (Lipinski definition) is 2. The van der Waals surface area contributed by atoms with Crippen LogP contribution in [0.2, 0.25) is 0 Å². The van der Waals surface area contributed by atoms with Gasteiger partial charge in [0.15, 0.2) is 5.82 Å². The lowest BCUT2D eigenvalue weighted by atomic mass is 9.97. The maximum Gasteiger partial charge on any atom is 0.290 e. The lowest BCUT2D eigenvalue weighted by Gasteiger charge is -2.47. The second-order valence-corrected chi connectivity index (χ2v) is 14.0. The fourth-order valence-corrected chi connectivity index (χ4v) is 8.58. The van der Waals surface area contributed by atoms with E-state index in [1.807, 2.05) is 18.3 Å². The number of ether oxygens (including phenoxy) is 1. The molecule has 1 atom stereocenters. The van der Waals surface area contributed by atoms with E-state index >= 15 is 0 Å². The molecule has 248 valence electrons. The number of nitrogens with one attached hydrogen (secondary N) is 1. The van der Waals surface area contributed by atoms with Crippen molar-refractivity contribution in [2.24, 2.45) is 7.05 Å². The number of nitrogens with zero attached hydrogens (tertiary/aromatic N) is 7. The van der Waals surface area contributed by atoms with E-state index in [4.69, 9.17) is 4.74 Å². The Morgan fingerprint density at radius 3 is 2.67 bits per heavy atom. The number of aliphatic hydroxyl groups is 1. The fourth-order valence-electron chi connectivity index (χ4n) is 7.29. The Hall–Kier alpha value is -4.43. The van der Waals surface area contributed by atoms with Crippen LogP contribution in [0.5, 0.6) is 0 Å². The Labute approximate surface area is 281 Å². The molecule has 5 aromatic heterocycles. The Morgan fingerprint density at radius 1 is 1.06 bits per heavy atom. The third-order valence-corrected chi connectivity index (χ3v) is 11.2. The van der Waals surface area contributed by atoms with Crippen LogP contribution in [-0.2, 0) is 31.2 Å². The highest BCUT2D eigenvalue weighted by Gasteiger charge is 2.33. The molecular formula is C35H38N8O4S. The molecule has 0 saturated carbocycles. The highest BCUT2D eigenvalue weighted by Crippen LogP contribution is 2.35. The molecule has 2 N–H and O–H groups in total. The Bertz CT molecular complexity index is 2120. The molecule has 5 aromatic rings. The van der Waals surface area contributed by atoms with Crippen molar-refractivity contribution in [2.75, 3.05) is 43.1 Å². The number of aliphatic hydroxyl groups excluding tert-OH is 1. The van der Waals surface area contributed by atoms with E-state index in [9.17, 15) is 14.7 Å². The number of pyridine rings is 3. The van der Waals surface area contributed by atoms with Crippen LogP contribution in [0.4, 0.5) is 17.2 Å². The van der Waals surface area contributed by atoms with Crippen LogP contribution in [0.1, 0.15) is 35.8 Å². The van der Waals surface area contributed by atoms with E-state index in [0.717, 1.165) is 69.6 Å².